The summed E-state index contributed by atoms with van der Waals surface area (Å²) in [5, 5.41) is 6.33. The number of halogens is 2. The third-order valence-corrected chi connectivity index (χ3v) is 3.48. The lowest BCUT2D eigenvalue weighted by Gasteiger charge is -2.30. The third kappa shape index (κ3) is 3.19. The molecule has 0 bridgehead atoms. The average molecular weight is 287 g/mol. The van der Waals surface area contributed by atoms with Crippen molar-refractivity contribution in [2.75, 3.05) is 25.0 Å². The van der Waals surface area contributed by atoms with E-state index in [0.717, 1.165) is 23.2 Å². The highest BCUT2D eigenvalue weighted by atomic mass is 79.9. The van der Waals surface area contributed by atoms with Crippen LogP contribution in [0, 0.1) is 0 Å². The van der Waals surface area contributed by atoms with Gasteiger partial charge in [0.05, 0.1) is 0 Å². The van der Waals surface area contributed by atoms with Gasteiger partial charge in [-0.15, -0.1) is 0 Å². The third-order valence-electron chi connectivity index (χ3n) is 2.95. The first-order valence-corrected chi connectivity index (χ1v) is 6.36. The molecular weight excluding hydrogens is 271 g/mol. The molecule has 4 heteroatoms. The predicted octanol–water partition coefficient (Wildman–Crippen LogP) is 2.95. The lowest BCUT2D eigenvalue weighted by molar-refractivity contribution is 0.131. The van der Waals surface area contributed by atoms with Crippen LogP contribution in [0.1, 0.15) is 12.8 Å². The number of alkyl halides is 1. The lowest BCUT2D eigenvalue weighted by atomic mass is 9.94. The molecule has 0 spiro atoms. The zero-order chi connectivity index (χ0) is 11.4. The van der Waals surface area contributed by atoms with Gasteiger partial charge in [-0.25, -0.2) is 4.39 Å². The van der Waals surface area contributed by atoms with Gasteiger partial charge in [0, 0.05) is 16.7 Å². The van der Waals surface area contributed by atoms with Crippen molar-refractivity contribution in [3.63, 3.8) is 0 Å². The Morgan fingerprint density at radius 3 is 2.50 bits per heavy atom. The highest BCUT2D eigenvalue weighted by Crippen LogP contribution is 2.24. The SMILES string of the molecule is FC1(CNc2ccc(Br)cc2)CCNCC1. The average Bonchev–Trinajstić information content (AvgIpc) is 2.29. The van der Waals surface area contributed by atoms with Gasteiger partial charge >= 0.3 is 0 Å². The molecule has 1 saturated heterocycles. The van der Waals surface area contributed by atoms with E-state index in [1.54, 1.807) is 0 Å². The van der Waals surface area contributed by atoms with Crippen molar-refractivity contribution in [2.45, 2.75) is 18.5 Å². The molecule has 2 nitrogen and oxygen atoms in total. The summed E-state index contributed by atoms with van der Waals surface area (Å²) in [6, 6.07) is 7.81. The van der Waals surface area contributed by atoms with Crippen LogP contribution in [0.15, 0.2) is 28.7 Å². The van der Waals surface area contributed by atoms with Crippen LogP contribution in [-0.4, -0.2) is 25.3 Å². The first-order chi connectivity index (χ1) is 7.68. The molecule has 1 heterocycles. The van der Waals surface area contributed by atoms with Crippen LogP contribution in [0.25, 0.3) is 0 Å². The fraction of sp³-hybridized carbons (Fsp3) is 0.500. The van der Waals surface area contributed by atoms with Crippen LogP contribution in [0.5, 0.6) is 0 Å². The molecule has 88 valence electrons. The largest absolute Gasteiger partial charge is 0.382 e. The minimum atomic E-state index is -1.06. The Morgan fingerprint density at radius 2 is 1.88 bits per heavy atom. The Morgan fingerprint density at radius 1 is 1.25 bits per heavy atom. The molecule has 1 fully saturated rings. The normalized spacial score (nSPS) is 19.4. The summed E-state index contributed by atoms with van der Waals surface area (Å²) >= 11 is 3.37. The van der Waals surface area contributed by atoms with Crippen molar-refractivity contribution in [2.24, 2.45) is 0 Å². The molecule has 0 radical (unpaired) electrons. The van der Waals surface area contributed by atoms with Crippen molar-refractivity contribution in [3.05, 3.63) is 28.7 Å². The zero-order valence-corrected chi connectivity index (χ0v) is 10.7. The van der Waals surface area contributed by atoms with Gasteiger partial charge in [0.2, 0.25) is 0 Å². The molecule has 0 aromatic heterocycles. The number of benzene rings is 1. The molecule has 0 amide bonds. The van der Waals surface area contributed by atoms with E-state index in [9.17, 15) is 4.39 Å². The molecule has 2 N–H and O–H groups in total. The number of hydrogen-bond donors (Lipinski definition) is 2. The number of hydrogen-bond acceptors (Lipinski definition) is 2. The topological polar surface area (TPSA) is 24.1 Å². The van der Waals surface area contributed by atoms with E-state index in [0.29, 0.717) is 19.4 Å². The van der Waals surface area contributed by atoms with Crippen molar-refractivity contribution < 1.29 is 4.39 Å². The number of anilines is 1. The highest BCUT2D eigenvalue weighted by molar-refractivity contribution is 9.10. The fourth-order valence-electron chi connectivity index (χ4n) is 1.88. The first-order valence-electron chi connectivity index (χ1n) is 5.57. The molecule has 1 aliphatic rings. The van der Waals surface area contributed by atoms with Gasteiger partial charge in [0.25, 0.3) is 0 Å². The number of nitrogens with one attached hydrogen (secondary N) is 2. The second-order valence-corrected chi connectivity index (χ2v) is 5.18. The molecule has 1 aromatic carbocycles. The van der Waals surface area contributed by atoms with Crippen LogP contribution in [0.2, 0.25) is 0 Å². The second kappa shape index (κ2) is 5.15. The van der Waals surface area contributed by atoms with Crippen LogP contribution in [-0.2, 0) is 0 Å². The second-order valence-electron chi connectivity index (χ2n) is 4.26. The Hall–Kier alpha value is -0.610. The van der Waals surface area contributed by atoms with E-state index in [4.69, 9.17) is 0 Å². The van der Waals surface area contributed by atoms with Crippen LogP contribution in [0.3, 0.4) is 0 Å². The fourth-order valence-corrected chi connectivity index (χ4v) is 2.14. The van der Waals surface area contributed by atoms with Gasteiger partial charge in [-0.05, 0) is 50.2 Å². The summed E-state index contributed by atoms with van der Waals surface area (Å²) in [4.78, 5) is 0. The van der Waals surface area contributed by atoms with Crippen molar-refractivity contribution in [3.8, 4) is 0 Å². The lowest BCUT2D eigenvalue weighted by Crippen LogP contribution is -2.43. The van der Waals surface area contributed by atoms with Gasteiger partial charge in [-0.2, -0.15) is 0 Å². The van der Waals surface area contributed by atoms with E-state index >= 15 is 0 Å². The first kappa shape index (κ1) is 11.9. The summed E-state index contributed by atoms with van der Waals surface area (Å²) in [6.07, 6.45) is 1.19. The van der Waals surface area contributed by atoms with E-state index in [1.165, 1.54) is 0 Å². The summed E-state index contributed by atoms with van der Waals surface area (Å²) in [5.41, 5.74) is -0.0861. The smallest absolute Gasteiger partial charge is 0.130 e. The highest BCUT2D eigenvalue weighted by Gasteiger charge is 2.31. The maximum atomic E-state index is 14.2. The Kier molecular flexibility index (Phi) is 3.82. The molecule has 1 aromatic rings. The van der Waals surface area contributed by atoms with E-state index < -0.39 is 5.67 Å². The monoisotopic (exact) mass is 286 g/mol. The van der Waals surface area contributed by atoms with Gasteiger partial charge in [-0.1, -0.05) is 15.9 Å². The van der Waals surface area contributed by atoms with Gasteiger partial charge < -0.3 is 10.6 Å². The van der Waals surface area contributed by atoms with Crippen molar-refractivity contribution >= 4 is 21.6 Å². The van der Waals surface area contributed by atoms with E-state index in [2.05, 4.69) is 26.6 Å². The minimum Gasteiger partial charge on any atom is -0.382 e. The van der Waals surface area contributed by atoms with Gasteiger partial charge in [-0.3, -0.25) is 0 Å². The maximum absolute atomic E-state index is 14.2. The molecule has 16 heavy (non-hydrogen) atoms. The Balaban J connectivity index is 1.88. The van der Waals surface area contributed by atoms with Crippen molar-refractivity contribution in [1.82, 2.24) is 5.32 Å². The van der Waals surface area contributed by atoms with Gasteiger partial charge in [0.1, 0.15) is 5.67 Å². The van der Waals surface area contributed by atoms with E-state index in [1.807, 2.05) is 24.3 Å². The Labute approximate surface area is 104 Å². The molecular formula is C12H16BrFN2. The number of piperidine rings is 1. The molecule has 0 unspecified atom stereocenters. The quantitative estimate of drug-likeness (QED) is 0.893. The minimum absolute atomic E-state index is 0.399. The maximum Gasteiger partial charge on any atom is 0.130 e. The van der Waals surface area contributed by atoms with Crippen molar-refractivity contribution in [1.29, 1.82) is 0 Å². The molecule has 0 saturated carbocycles. The van der Waals surface area contributed by atoms with Crippen LogP contribution < -0.4 is 10.6 Å². The van der Waals surface area contributed by atoms with Crippen LogP contribution in [0.4, 0.5) is 10.1 Å². The summed E-state index contributed by atoms with van der Waals surface area (Å²) in [7, 11) is 0. The zero-order valence-electron chi connectivity index (χ0n) is 9.10. The Bertz CT molecular complexity index is 333. The number of rotatable bonds is 3. The van der Waals surface area contributed by atoms with Crippen LogP contribution >= 0.6 is 15.9 Å². The summed E-state index contributed by atoms with van der Waals surface area (Å²) in [5.74, 6) is 0. The molecule has 1 aliphatic heterocycles. The molecule has 0 aliphatic carbocycles. The van der Waals surface area contributed by atoms with Gasteiger partial charge in [0.15, 0.2) is 0 Å². The summed E-state index contributed by atoms with van der Waals surface area (Å²) in [6.45, 7) is 1.95. The molecule has 0 atom stereocenters. The molecule has 2 rings (SSSR count). The van der Waals surface area contributed by atoms with E-state index in [-0.39, 0.29) is 0 Å². The predicted molar refractivity (Wildman–Crippen MR) is 68.6 cm³/mol. The standard InChI is InChI=1S/C12H16BrFN2/c13-10-1-3-11(4-2-10)16-9-12(14)5-7-15-8-6-12/h1-4,15-16H,5-9H2. The summed E-state index contributed by atoms with van der Waals surface area (Å²) < 4.78 is 15.3.